The lowest BCUT2D eigenvalue weighted by Gasteiger charge is -2.10. The average molecular weight is 206 g/mol. The summed E-state index contributed by atoms with van der Waals surface area (Å²) >= 11 is 0. The molecule has 0 heterocycles. The van der Waals surface area contributed by atoms with Crippen molar-refractivity contribution >= 4 is 12.6 Å². The smallest absolute Gasteiger partial charge is 0.488 e. The maximum absolute atomic E-state index is 9.03. The summed E-state index contributed by atoms with van der Waals surface area (Å²) in [5.74, 6) is 1.46. The molecule has 0 unspecified atom stereocenters. The summed E-state index contributed by atoms with van der Waals surface area (Å²) in [6, 6.07) is 5.24. The van der Waals surface area contributed by atoms with Gasteiger partial charge in [-0.2, -0.15) is 0 Å². The molecule has 15 heavy (non-hydrogen) atoms. The number of benzene rings is 1. The van der Waals surface area contributed by atoms with E-state index in [-0.39, 0.29) is 0 Å². The Morgan fingerprint density at radius 3 is 2.73 bits per heavy atom. The molecular weight excluding hydrogens is 191 g/mol. The fourth-order valence-electron chi connectivity index (χ4n) is 1.42. The van der Waals surface area contributed by atoms with Gasteiger partial charge in [0, 0.05) is 0 Å². The van der Waals surface area contributed by atoms with Crippen molar-refractivity contribution in [1.82, 2.24) is 0 Å². The summed E-state index contributed by atoms with van der Waals surface area (Å²) in [5, 5.41) is 18.1. The van der Waals surface area contributed by atoms with Gasteiger partial charge >= 0.3 is 7.12 Å². The fourth-order valence-corrected chi connectivity index (χ4v) is 1.42. The van der Waals surface area contributed by atoms with Gasteiger partial charge in [-0.15, -0.1) is 0 Å². The zero-order chi connectivity index (χ0) is 10.8. The van der Waals surface area contributed by atoms with E-state index < -0.39 is 7.12 Å². The molecule has 0 amide bonds. The second kappa shape index (κ2) is 4.25. The van der Waals surface area contributed by atoms with Crippen LogP contribution in [0.4, 0.5) is 0 Å². The Labute approximate surface area is 89.8 Å². The molecule has 2 N–H and O–H groups in total. The van der Waals surface area contributed by atoms with Gasteiger partial charge < -0.3 is 14.8 Å². The number of hydrogen-bond acceptors (Lipinski definition) is 3. The molecule has 1 aliphatic carbocycles. The van der Waals surface area contributed by atoms with Crippen molar-refractivity contribution < 1.29 is 14.8 Å². The van der Waals surface area contributed by atoms with Crippen molar-refractivity contribution in [2.75, 3.05) is 6.61 Å². The highest BCUT2D eigenvalue weighted by molar-refractivity contribution is 6.58. The van der Waals surface area contributed by atoms with Crippen LogP contribution in [-0.2, 0) is 0 Å². The molecule has 3 nitrogen and oxygen atoms in total. The van der Waals surface area contributed by atoms with E-state index in [2.05, 4.69) is 0 Å². The zero-order valence-corrected chi connectivity index (χ0v) is 8.81. The topological polar surface area (TPSA) is 49.7 Å². The normalized spacial score (nSPS) is 15.1. The maximum atomic E-state index is 9.03. The lowest BCUT2D eigenvalue weighted by Crippen LogP contribution is -2.29. The van der Waals surface area contributed by atoms with Gasteiger partial charge in [0.2, 0.25) is 0 Å². The van der Waals surface area contributed by atoms with Gasteiger partial charge in [0.05, 0.1) is 6.61 Å². The van der Waals surface area contributed by atoms with Gasteiger partial charge in [-0.1, -0.05) is 12.1 Å². The predicted molar refractivity (Wildman–Crippen MR) is 59.2 cm³/mol. The van der Waals surface area contributed by atoms with Crippen molar-refractivity contribution in [3.8, 4) is 5.75 Å². The molecular formula is C11H15BO3. The summed E-state index contributed by atoms with van der Waals surface area (Å²) in [5.41, 5.74) is 1.51. The number of ether oxygens (including phenoxy) is 1. The number of aryl methyl sites for hydroxylation is 1. The quantitative estimate of drug-likeness (QED) is 0.703. The van der Waals surface area contributed by atoms with E-state index in [9.17, 15) is 0 Å². The van der Waals surface area contributed by atoms with Crippen LogP contribution in [0.3, 0.4) is 0 Å². The Morgan fingerprint density at radius 2 is 2.13 bits per heavy atom. The fraction of sp³-hybridized carbons (Fsp3) is 0.455. The van der Waals surface area contributed by atoms with Crippen LogP contribution in [-0.4, -0.2) is 23.8 Å². The van der Waals surface area contributed by atoms with Gasteiger partial charge in [-0.25, -0.2) is 0 Å². The first-order valence-corrected chi connectivity index (χ1v) is 5.26. The SMILES string of the molecule is Cc1ccc(B(O)O)cc1OCC1CC1. The molecule has 2 rings (SSSR count). The lowest BCUT2D eigenvalue weighted by molar-refractivity contribution is 0.298. The Balaban J connectivity index is 2.08. The van der Waals surface area contributed by atoms with E-state index in [1.807, 2.05) is 13.0 Å². The first-order valence-electron chi connectivity index (χ1n) is 5.26. The monoisotopic (exact) mass is 206 g/mol. The predicted octanol–water partition coefficient (Wildman–Crippen LogP) is 0.464. The minimum absolute atomic E-state index is 0.478. The average Bonchev–Trinajstić information content (AvgIpc) is 3.00. The van der Waals surface area contributed by atoms with Crippen LogP contribution in [0.1, 0.15) is 18.4 Å². The minimum atomic E-state index is -1.42. The molecule has 1 fully saturated rings. The molecule has 0 saturated heterocycles. The Morgan fingerprint density at radius 1 is 1.40 bits per heavy atom. The Hall–Kier alpha value is -0.995. The van der Waals surface area contributed by atoms with Crippen LogP contribution < -0.4 is 10.2 Å². The number of hydrogen-bond donors (Lipinski definition) is 2. The first-order chi connectivity index (χ1) is 7.16. The van der Waals surface area contributed by atoms with Crippen molar-refractivity contribution in [2.45, 2.75) is 19.8 Å². The van der Waals surface area contributed by atoms with E-state index >= 15 is 0 Å². The summed E-state index contributed by atoms with van der Waals surface area (Å²) in [6.07, 6.45) is 2.50. The Bertz CT molecular complexity index is 348. The highest BCUT2D eigenvalue weighted by Gasteiger charge is 2.22. The van der Waals surface area contributed by atoms with E-state index in [0.29, 0.717) is 11.4 Å². The van der Waals surface area contributed by atoms with Gasteiger partial charge in [-0.3, -0.25) is 0 Å². The second-order valence-electron chi connectivity index (χ2n) is 4.15. The molecule has 0 aromatic heterocycles. The molecule has 1 aromatic carbocycles. The zero-order valence-electron chi connectivity index (χ0n) is 8.81. The van der Waals surface area contributed by atoms with Crippen LogP contribution in [0.25, 0.3) is 0 Å². The summed E-state index contributed by atoms with van der Waals surface area (Å²) in [4.78, 5) is 0. The maximum Gasteiger partial charge on any atom is 0.488 e. The van der Waals surface area contributed by atoms with Crippen molar-refractivity contribution in [3.63, 3.8) is 0 Å². The third-order valence-corrected chi connectivity index (χ3v) is 2.68. The van der Waals surface area contributed by atoms with Crippen LogP contribution in [0.5, 0.6) is 5.75 Å². The molecule has 0 aliphatic heterocycles. The van der Waals surface area contributed by atoms with E-state index in [4.69, 9.17) is 14.8 Å². The van der Waals surface area contributed by atoms with Crippen LogP contribution in [0, 0.1) is 12.8 Å². The van der Waals surface area contributed by atoms with E-state index in [1.54, 1.807) is 12.1 Å². The molecule has 4 heteroatoms. The van der Waals surface area contributed by atoms with Gasteiger partial charge in [0.15, 0.2) is 0 Å². The van der Waals surface area contributed by atoms with Gasteiger partial charge in [0.1, 0.15) is 5.75 Å². The molecule has 0 atom stereocenters. The van der Waals surface area contributed by atoms with Crippen LogP contribution in [0.15, 0.2) is 18.2 Å². The van der Waals surface area contributed by atoms with Gasteiger partial charge in [0.25, 0.3) is 0 Å². The molecule has 1 aliphatic rings. The third kappa shape index (κ3) is 2.73. The summed E-state index contributed by atoms with van der Waals surface area (Å²) in [7, 11) is -1.42. The Kier molecular flexibility index (Phi) is 2.98. The highest BCUT2D eigenvalue weighted by Crippen LogP contribution is 2.30. The highest BCUT2D eigenvalue weighted by atomic mass is 16.5. The summed E-state index contributed by atoms with van der Waals surface area (Å²) in [6.45, 7) is 2.70. The lowest BCUT2D eigenvalue weighted by atomic mass is 9.80. The largest absolute Gasteiger partial charge is 0.493 e. The third-order valence-electron chi connectivity index (χ3n) is 2.68. The van der Waals surface area contributed by atoms with Crippen molar-refractivity contribution in [1.29, 1.82) is 0 Å². The van der Waals surface area contributed by atoms with E-state index in [1.165, 1.54) is 12.8 Å². The van der Waals surface area contributed by atoms with Crippen molar-refractivity contribution in [3.05, 3.63) is 23.8 Å². The molecule has 1 aromatic rings. The molecule has 1 saturated carbocycles. The van der Waals surface area contributed by atoms with Crippen molar-refractivity contribution in [2.24, 2.45) is 5.92 Å². The van der Waals surface area contributed by atoms with Crippen LogP contribution >= 0.6 is 0 Å². The standard InChI is InChI=1S/C11H15BO3/c1-8-2-5-10(12(13)14)6-11(8)15-7-9-3-4-9/h2,5-6,9,13-14H,3-4,7H2,1H3. The van der Waals surface area contributed by atoms with Gasteiger partial charge in [-0.05, 0) is 42.8 Å². The summed E-state index contributed by atoms with van der Waals surface area (Å²) < 4.78 is 5.63. The van der Waals surface area contributed by atoms with Crippen LogP contribution in [0.2, 0.25) is 0 Å². The number of rotatable bonds is 4. The molecule has 0 spiro atoms. The second-order valence-corrected chi connectivity index (χ2v) is 4.15. The molecule has 80 valence electrons. The first kappa shape index (κ1) is 10.5. The molecule has 0 radical (unpaired) electrons. The van der Waals surface area contributed by atoms with E-state index in [0.717, 1.165) is 17.9 Å². The molecule has 0 bridgehead atoms. The minimum Gasteiger partial charge on any atom is -0.493 e.